The minimum absolute atomic E-state index is 0.0364. The second kappa shape index (κ2) is 8.38. The van der Waals surface area contributed by atoms with E-state index in [4.69, 9.17) is 9.47 Å². The Balaban J connectivity index is 1.41. The number of likely N-dealkylation sites (tertiary alicyclic amines) is 1. The first kappa shape index (κ1) is 18.4. The van der Waals surface area contributed by atoms with Crippen molar-refractivity contribution < 1.29 is 14.3 Å². The van der Waals surface area contributed by atoms with Crippen molar-refractivity contribution in [3.8, 4) is 0 Å². The van der Waals surface area contributed by atoms with Gasteiger partial charge in [-0.3, -0.25) is 9.69 Å². The zero-order valence-corrected chi connectivity index (χ0v) is 16.0. The second-order valence-electron chi connectivity index (χ2n) is 7.36. The van der Waals surface area contributed by atoms with Crippen LogP contribution in [0.2, 0.25) is 0 Å². The zero-order chi connectivity index (χ0) is 18.6. The zero-order valence-electron chi connectivity index (χ0n) is 16.0. The molecule has 2 heterocycles. The summed E-state index contributed by atoms with van der Waals surface area (Å²) in [5.74, 6) is 0.625. The van der Waals surface area contributed by atoms with Gasteiger partial charge in [-0.15, -0.1) is 0 Å². The monoisotopic (exact) mass is 368 g/mol. The van der Waals surface area contributed by atoms with Gasteiger partial charge in [0.25, 0.3) is 0 Å². The molecule has 5 heteroatoms. The molecule has 5 nitrogen and oxygen atoms in total. The molecule has 0 N–H and O–H groups in total. The minimum Gasteiger partial charge on any atom is -0.350 e. The van der Waals surface area contributed by atoms with E-state index in [1.807, 2.05) is 36.1 Å². The summed E-state index contributed by atoms with van der Waals surface area (Å²) in [5.41, 5.74) is 1.00. The van der Waals surface area contributed by atoms with Crippen molar-refractivity contribution in [3.05, 3.63) is 42.5 Å². The highest BCUT2D eigenvalue weighted by molar-refractivity contribution is 6.04. The third kappa shape index (κ3) is 4.00. The Labute approximate surface area is 160 Å². The van der Waals surface area contributed by atoms with Gasteiger partial charge < -0.3 is 14.4 Å². The molecule has 0 radical (unpaired) electrons. The number of fused-ring (bicyclic) bond motifs is 1. The molecule has 2 aliphatic heterocycles. The fourth-order valence-corrected chi connectivity index (χ4v) is 4.23. The fraction of sp³-hybridized carbons (Fsp3) is 0.500. The molecule has 27 heavy (non-hydrogen) atoms. The molecule has 2 aliphatic rings. The van der Waals surface area contributed by atoms with Crippen molar-refractivity contribution in [3.63, 3.8) is 0 Å². The van der Waals surface area contributed by atoms with Gasteiger partial charge in [-0.1, -0.05) is 36.4 Å². The summed E-state index contributed by atoms with van der Waals surface area (Å²) >= 11 is 0. The molecular weight excluding hydrogens is 340 g/mol. The lowest BCUT2D eigenvalue weighted by molar-refractivity contribution is -0.121. The molecule has 2 fully saturated rings. The van der Waals surface area contributed by atoms with Crippen LogP contribution in [0, 0.1) is 5.92 Å². The lowest BCUT2D eigenvalue weighted by Crippen LogP contribution is -2.45. The largest absolute Gasteiger partial charge is 0.350 e. The predicted molar refractivity (Wildman–Crippen MR) is 107 cm³/mol. The molecule has 0 spiro atoms. The molecule has 0 unspecified atom stereocenters. The molecule has 0 aromatic heterocycles. The van der Waals surface area contributed by atoms with E-state index in [0.29, 0.717) is 32.2 Å². The normalized spacial score (nSPS) is 19.6. The first-order valence-electron chi connectivity index (χ1n) is 10.00. The Bertz CT molecular complexity index is 775. The van der Waals surface area contributed by atoms with Crippen LogP contribution in [0.1, 0.15) is 19.8 Å². The lowest BCUT2D eigenvalue weighted by Gasteiger charge is -2.34. The van der Waals surface area contributed by atoms with Crippen molar-refractivity contribution in [2.24, 2.45) is 5.92 Å². The molecular formula is C22H28N2O3. The second-order valence-corrected chi connectivity index (χ2v) is 7.36. The third-order valence-electron chi connectivity index (χ3n) is 5.70. The summed E-state index contributed by atoms with van der Waals surface area (Å²) in [7, 11) is 0. The molecule has 4 rings (SSSR count). The van der Waals surface area contributed by atoms with E-state index in [9.17, 15) is 4.79 Å². The molecule has 2 aromatic carbocycles. The molecule has 144 valence electrons. The van der Waals surface area contributed by atoms with E-state index in [2.05, 4.69) is 23.1 Å². The van der Waals surface area contributed by atoms with Crippen LogP contribution in [0.5, 0.6) is 0 Å². The average Bonchev–Trinajstić information content (AvgIpc) is 3.24. The van der Waals surface area contributed by atoms with Gasteiger partial charge in [0.2, 0.25) is 5.91 Å². The van der Waals surface area contributed by atoms with Gasteiger partial charge in [0.15, 0.2) is 6.29 Å². The number of piperidine rings is 1. The minimum atomic E-state index is -0.0364. The van der Waals surface area contributed by atoms with E-state index < -0.39 is 0 Å². The topological polar surface area (TPSA) is 42.0 Å². The highest BCUT2D eigenvalue weighted by Gasteiger charge is 2.31. The van der Waals surface area contributed by atoms with Gasteiger partial charge in [0, 0.05) is 17.8 Å². The summed E-state index contributed by atoms with van der Waals surface area (Å²) in [5, 5.41) is 2.29. The van der Waals surface area contributed by atoms with Crippen LogP contribution in [-0.4, -0.2) is 56.5 Å². The molecule has 0 bridgehead atoms. The summed E-state index contributed by atoms with van der Waals surface area (Å²) in [4.78, 5) is 17.2. The fourth-order valence-electron chi connectivity index (χ4n) is 4.23. The summed E-state index contributed by atoms with van der Waals surface area (Å²) < 4.78 is 11.3. The Morgan fingerprint density at radius 3 is 2.52 bits per heavy atom. The number of nitrogens with zero attached hydrogens (tertiary/aromatic N) is 2. The molecule has 1 amide bonds. The van der Waals surface area contributed by atoms with Gasteiger partial charge >= 0.3 is 0 Å². The number of amides is 1. The summed E-state index contributed by atoms with van der Waals surface area (Å²) in [6.07, 6.45) is 2.02. The number of likely N-dealkylation sites (N-methyl/N-ethyl adjacent to an activating group) is 1. The molecule has 0 atom stereocenters. The van der Waals surface area contributed by atoms with Crippen LogP contribution in [-0.2, 0) is 14.3 Å². The lowest BCUT2D eigenvalue weighted by atomic mass is 9.96. The maximum atomic E-state index is 13.1. The van der Waals surface area contributed by atoms with Crippen LogP contribution in [0.25, 0.3) is 10.8 Å². The van der Waals surface area contributed by atoms with Crippen LogP contribution in [0.4, 0.5) is 5.69 Å². The van der Waals surface area contributed by atoms with Gasteiger partial charge in [0.1, 0.15) is 0 Å². The van der Waals surface area contributed by atoms with Crippen molar-refractivity contribution in [2.75, 3.05) is 44.3 Å². The van der Waals surface area contributed by atoms with Crippen molar-refractivity contribution in [1.29, 1.82) is 0 Å². The number of hydrogen-bond donors (Lipinski definition) is 0. The van der Waals surface area contributed by atoms with Crippen LogP contribution < -0.4 is 4.90 Å². The molecule has 0 aliphatic carbocycles. The van der Waals surface area contributed by atoms with E-state index >= 15 is 0 Å². The SMILES string of the molecule is CCN(C(=O)CN1CCC(C2OCCO2)CC1)c1cccc2ccccc12. The number of benzene rings is 2. The number of anilines is 1. The van der Waals surface area contributed by atoms with Gasteiger partial charge in [0.05, 0.1) is 25.4 Å². The number of hydrogen-bond acceptors (Lipinski definition) is 4. The van der Waals surface area contributed by atoms with Crippen molar-refractivity contribution in [1.82, 2.24) is 4.90 Å². The number of carbonyl (C=O) groups excluding carboxylic acids is 1. The van der Waals surface area contributed by atoms with Gasteiger partial charge in [-0.25, -0.2) is 0 Å². The summed E-state index contributed by atoms with van der Waals surface area (Å²) in [6.45, 7) is 6.45. The van der Waals surface area contributed by atoms with Crippen LogP contribution >= 0.6 is 0 Å². The predicted octanol–water partition coefficient (Wildman–Crippen LogP) is 3.28. The van der Waals surface area contributed by atoms with Gasteiger partial charge in [-0.05, 0) is 44.3 Å². The third-order valence-corrected chi connectivity index (χ3v) is 5.70. The first-order valence-corrected chi connectivity index (χ1v) is 10.00. The molecule has 2 saturated heterocycles. The summed E-state index contributed by atoms with van der Waals surface area (Å²) in [6, 6.07) is 14.4. The van der Waals surface area contributed by atoms with E-state index in [0.717, 1.165) is 37.0 Å². The number of carbonyl (C=O) groups is 1. The smallest absolute Gasteiger partial charge is 0.241 e. The Morgan fingerprint density at radius 2 is 1.78 bits per heavy atom. The van der Waals surface area contributed by atoms with E-state index in [1.165, 1.54) is 5.39 Å². The molecule has 0 saturated carbocycles. The maximum Gasteiger partial charge on any atom is 0.241 e. The van der Waals surface area contributed by atoms with Crippen LogP contribution in [0.15, 0.2) is 42.5 Å². The highest BCUT2D eigenvalue weighted by Crippen LogP contribution is 2.28. The standard InChI is InChI=1S/C22H28N2O3/c1-2-24(20-9-5-7-17-6-3-4-8-19(17)20)21(25)16-23-12-10-18(11-13-23)22-26-14-15-27-22/h3-9,18,22H,2,10-16H2,1H3. The quantitative estimate of drug-likeness (QED) is 0.812. The number of rotatable bonds is 5. The van der Waals surface area contributed by atoms with Crippen LogP contribution in [0.3, 0.4) is 0 Å². The average molecular weight is 368 g/mol. The van der Waals surface area contributed by atoms with Gasteiger partial charge in [-0.2, -0.15) is 0 Å². The van der Waals surface area contributed by atoms with Crippen molar-refractivity contribution in [2.45, 2.75) is 26.1 Å². The maximum absolute atomic E-state index is 13.1. The Morgan fingerprint density at radius 1 is 1.07 bits per heavy atom. The number of ether oxygens (including phenoxy) is 2. The first-order chi connectivity index (χ1) is 13.3. The van der Waals surface area contributed by atoms with E-state index in [1.54, 1.807) is 0 Å². The Kier molecular flexibility index (Phi) is 5.72. The Hall–Kier alpha value is -1.95. The van der Waals surface area contributed by atoms with E-state index in [-0.39, 0.29) is 12.2 Å². The highest BCUT2D eigenvalue weighted by atomic mass is 16.7. The molecule has 2 aromatic rings. The van der Waals surface area contributed by atoms with Crippen molar-refractivity contribution >= 4 is 22.4 Å².